The fraction of sp³-hybridized carbons (Fsp3) is 0.690. The zero-order valence-corrected chi connectivity index (χ0v) is 28.0. The van der Waals surface area contributed by atoms with Crippen LogP contribution in [0, 0.1) is 11.3 Å². The van der Waals surface area contributed by atoms with E-state index in [0.717, 1.165) is 60.9 Å². The summed E-state index contributed by atoms with van der Waals surface area (Å²) in [7, 11) is 1.15. The summed E-state index contributed by atoms with van der Waals surface area (Å²) < 4.78 is 22.3. The number of fused-ring (bicyclic) bond motifs is 3. The molecule has 0 bridgehead atoms. The van der Waals surface area contributed by atoms with Crippen LogP contribution < -0.4 is 10.1 Å². The first-order valence-corrected chi connectivity index (χ1v) is 22.1. The van der Waals surface area contributed by atoms with Crippen molar-refractivity contribution >= 4 is 33.0 Å². The van der Waals surface area contributed by atoms with Crippen LogP contribution in [0.4, 0.5) is 5.69 Å². The normalized spacial score (nSPS) is 20.5. The molecule has 0 radical (unpaired) electrons. The van der Waals surface area contributed by atoms with Gasteiger partial charge in [0.1, 0.15) is 19.2 Å². The molecule has 220 valence electrons. The summed E-state index contributed by atoms with van der Waals surface area (Å²) >= 11 is 0. The number of aromatic nitrogens is 5. The molecule has 2 atom stereocenters. The third-order valence-corrected chi connectivity index (χ3v) is 11.9. The van der Waals surface area contributed by atoms with Crippen molar-refractivity contribution in [3.63, 3.8) is 0 Å². The van der Waals surface area contributed by atoms with Gasteiger partial charge in [-0.05, 0) is 48.7 Å². The molecule has 1 N–H and O–H groups in total. The molecule has 0 aromatic carbocycles. The van der Waals surface area contributed by atoms with Crippen LogP contribution in [0.15, 0.2) is 6.07 Å². The Morgan fingerprint density at radius 2 is 1.70 bits per heavy atom. The van der Waals surface area contributed by atoms with E-state index in [9.17, 15) is 0 Å². The van der Waals surface area contributed by atoms with Gasteiger partial charge in [-0.3, -0.25) is 4.57 Å². The number of hydrogen-bond acceptors (Lipinski definition) is 7. The van der Waals surface area contributed by atoms with Crippen LogP contribution in [0.2, 0.25) is 51.4 Å². The quantitative estimate of drug-likeness (QED) is 0.192. The summed E-state index contributed by atoms with van der Waals surface area (Å²) in [5, 5.41) is 8.40. The second kappa shape index (κ2) is 10.9. The second-order valence-corrected chi connectivity index (χ2v) is 25.6. The van der Waals surface area contributed by atoms with Crippen molar-refractivity contribution in [2.24, 2.45) is 11.3 Å². The number of methoxy groups -OCH3 is 1. The zero-order valence-electron chi connectivity index (χ0n) is 26.0. The fourth-order valence-electron chi connectivity index (χ4n) is 5.64. The lowest BCUT2D eigenvalue weighted by atomic mass is 9.87. The lowest BCUT2D eigenvalue weighted by Crippen LogP contribution is -2.23. The number of pyridine rings is 1. The van der Waals surface area contributed by atoms with Gasteiger partial charge in [0, 0.05) is 47.7 Å². The smallest absolute Gasteiger partial charge is 0.239 e. The van der Waals surface area contributed by atoms with Crippen molar-refractivity contribution in [3.8, 4) is 17.4 Å². The largest absolute Gasteiger partial charge is 0.479 e. The molecule has 2 aliphatic carbocycles. The van der Waals surface area contributed by atoms with Crippen LogP contribution in [0.1, 0.15) is 24.6 Å². The summed E-state index contributed by atoms with van der Waals surface area (Å²) in [5.74, 6) is 2.05. The van der Waals surface area contributed by atoms with Gasteiger partial charge >= 0.3 is 0 Å². The lowest BCUT2D eigenvalue weighted by Gasteiger charge is -2.20. The second-order valence-electron chi connectivity index (χ2n) is 14.4. The van der Waals surface area contributed by atoms with E-state index in [1.807, 2.05) is 7.05 Å². The van der Waals surface area contributed by atoms with Crippen molar-refractivity contribution in [2.45, 2.75) is 91.0 Å². The van der Waals surface area contributed by atoms with Crippen molar-refractivity contribution in [1.82, 2.24) is 24.3 Å². The van der Waals surface area contributed by atoms with Gasteiger partial charge in [0.05, 0.1) is 18.3 Å². The van der Waals surface area contributed by atoms with Gasteiger partial charge < -0.3 is 19.5 Å². The Morgan fingerprint density at radius 3 is 2.33 bits per heavy atom. The van der Waals surface area contributed by atoms with E-state index in [0.29, 0.717) is 36.3 Å². The topological polar surface area (TPSA) is 88.3 Å². The molecule has 1 fully saturated rings. The minimum atomic E-state index is -1.21. The highest BCUT2D eigenvalue weighted by Gasteiger charge is 2.54. The first-order chi connectivity index (χ1) is 18.8. The van der Waals surface area contributed by atoms with E-state index in [2.05, 4.69) is 66.8 Å². The molecule has 3 aromatic heterocycles. The van der Waals surface area contributed by atoms with Crippen LogP contribution in [0.5, 0.6) is 5.88 Å². The molecule has 3 heterocycles. The van der Waals surface area contributed by atoms with Gasteiger partial charge in [-0.25, -0.2) is 9.67 Å². The summed E-state index contributed by atoms with van der Waals surface area (Å²) in [6.45, 7) is 19.1. The Morgan fingerprint density at radius 1 is 1.02 bits per heavy atom. The number of nitrogens with one attached hydrogen (secondary N) is 1. The summed E-state index contributed by atoms with van der Waals surface area (Å²) in [4.78, 5) is 9.82. The number of hydrogen-bond donors (Lipinski definition) is 1. The van der Waals surface area contributed by atoms with Gasteiger partial charge in [0.15, 0.2) is 11.5 Å². The van der Waals surface area contributed by atoms with Crippen molar-refractivity contribution in [3.05, 3.63) is 17.3 Å². The van der Waals surface area contributed by atoms with E-state index in [4.69, 9.17) is 29.3 Å². The molecule has 0 unspecified atom stereocenters. The average Bonchev–Trinajstić information content (AvgIpc) is 3.24. The van der Waals surface area contributed by atoms with E-state index in [-0.39, 0.29) is 0 Å². The third-order valence-electron chi connectivity index (χ3n) is 8.53. The summed E-state index contributed by atoms with van der Waals surface area (Å²) in [5.41, 5.74) is 6.32. The van der Waals surface area contributed by atoms with E-state index < -0.39 is 16.1 Å². The summed E-state index contributed by atoms with van der Waals surface area (Å²) in [6.07, 6.45) is 3.35. The lowest BCUT2D eigenvalue weighted by molar-refractivity contribution is 0.0756. The zero-order chi connectivity index (χ0) is 28.9. The predicted molar refractivity (Wildman–Crippen MR) is 167 cm³/mol. The highest BCUT2D eigenvalue weighted by molar-refractivity contribution is 6.76. The number of imidazole rings is 1. The van der Waals surface area contributed by atoms with Crippen LogP contribution >= 0.6 is 0 Å². The first kappa shape index (κ1) is 29.3. The molecule has 5 rings (SSSR count). The fourth-order valence-corrected chi connectivity index (χ4v) is 7.16. The number of rotatable bonds is 13. The maximum Gasteiger partial charge on any atom is 0.239 e. The Kier molecular flexibility index (Phi) is 7.97. The van der Waals surface area contributed by atoms with E-state index in [1.165, 1.54) is 17.7 Å². The molecule has 0 amide bonds. The molecule has 3 aromatic rings. The van der Waals surface area contributed by atoms with Gasteiger partial charge in [0.2, 0.25) is 5.88 Å². The van der Waals surface area contributed by atoms with Gasteiger partial charge in [0.25, 0.3) is 0 Å². The molecule has 9 nitrogen and oxygen atoms in total. The molecule has 11 heteroatoms. The molecule has 0 aliphatic heterocycles. The van der Waals surface area contributed by atoms with Crippen molar-refractivity contribution in [1.29, 1.82) is 0 Å². The molecule has 0 saturated heterocycles. The molecular weight excluding hydrogens is 537 g/mol. The molecule has 1 saturated carbocycles. The Bertz CT molecular complexity index is 1370. The average molecular weight is 585 g/mol. The van der Waals surface area contributed by atoms with Gasteiger partial charge in [-0.1, -0.05) is 46.2 Å². The Balaban J connectivity index is 1.54. The Labute approximate surface area is 241 Å². The van der Waals surface area contributed by atoms with Crippen molar-refractivity contribution < 1.29 is 14.2 Å². The SMILES string of the molecule is CNc1cc2c(nc1OC)nc(-c1nn(COCC[Si](C)(C)C)c3c1C[C@@H]1C[C@]1(C)C3)n2COCC[Si](C)(C)C. The van der Waals surface area contributed by atoms with Crippen LogP contribution in [0.25, 0.3) is 22.7 Å². The number of anilines is 1. The summed E-state index contributed by atoms with van der Waals surface area (Å²) in [6, 6.07) is 4.32. The highest BCUT2D eigenvalue weighted by atomic mass is 28.3. The minimum Gasteiger partial charge on any atom is -0.479 e. The van der Waals surface area contributed by atoms with Gasteiger partial charge in [-0.15, -0.1) is 0 Å². The maximum absolute atomic E-state index is 6.28. The number of ether oxygens (including phenoxy) is 3. The van der Waals surface area contributed by atoms with Gasteiger partial charge in [-0.2, -0.15) is 10.1 Å². The van der Waals surface area contributed by atoms with E-state index in [1.54, 1.807) is 7.11 Å². The van der Waals surface area contributed by atoms with Crippen LogP contribution in [-0.4, -0.2) is 67.8 Å². The third kappa shape index (κ3) is 6.17. The maximum atomic E-state index is 6.28. The standard InChI is InChI=1S/C29H48N6O3Si2/c1-29-16-20(29)14-21-24(17-29)35(19-38-11-13-40(7,8)9)33-25(21)27-31-26-23(15-22(30-2)28(32-26)36-3)34(27)18-37-10-12-39(4,5)6/h15,20,30H,10-14,16-19H2,1-9H3/t20-,29-/m1/s1. The monoisotopic (exact) mass is 584 g/mol. The first-order valence-electron chi connectivity index (χ1n) is 14.7. The Hall–Kier alpha value is -2.22. The highest BCUT2D eigenvalue weighted by Crippen LogP contribution is 2.60. The van der Waals surface area contributed by atoms with Crippen molar-refractivity contribution in [2.75, 3.05) is 32.7 Å². The molecular formula is C29H48N6O3Si2. The minimum absolute atomic E-state index is 0.386. The van der Waals surface area contributed by atoms with Crippen LogP contribution in [-0.2, 0) is 35.8 Å². The van der Waals surface area contributed by atoms with Crippen LogP contribution in [0.3, 0.4) is 0 Å². The number of nitrogens with zero attached hydrogens (tertiary/aromatic N) is 5. The molecule has 40 heavy (non-hydrogen) atoms. The van der Waals surface area contributed by atoms with E-state index >= 15 is 0 Å². The molecule has 0 spiro atoms. The molecule has 2 aliphatic rings. The predicted octanol–water partition coefficient (Wildman–Crippen LogP) is 6.09.